The fourth-order valence-corrected chi connectivity index (χ4v) is 1.72. The van der Waals surface area contributed by atoms with Crippen molar-refractivity contribution in [3.8, 4) is 5.75 Å². The molecule has 0 N–H and O–H groups in total. The van der Waals surface area contributed by atoms with Crippen molar-refractivity contribution in [1.29, 1.82) is 0 Å². The van der Waals surface area contributed by atoms with Gasteiger partial charge in [-0.2, -0.15) is 0 Å². The highest BCUT2D eigenvalue weighted by Gasteiger charge is 2.07. The van der Waals surface area contributed by atoms with E-state index in [0.29, 0.717) is 18.6 Å². The average molecular weight is 220 g/mol. The zero-order chi connectivity index (χ0) is 11.8. The molecule has 0 unspecified atom stereocenters. The van der Waals surface area contributed by atoms with E-state index in [2.05, 4.69) is 6.92 Å². The van der Waals surface area contributed by atoms with Gasteiger partial charge in [0.05, 0.1) is 7.11 Å². The second kappa shape index (κ2) is 7.04. The molecule has 2 heteroatoms. The second-order valence-electron chi connectivity index (χ2n) is 3.98. The highest BCUT2D eigenvalue weighted by molar-refractivity contribution is 5.81. The number of carbonyl (C=O) groups is 1. The van der Waals surface area contributed by atoms with Gasteiger partial charge in [-0.25, -0.2) is 0 Å². The van der Waals surface area contributed by atoms with Crippen molar-refractivity contribution >= 4 is 5.78 Å². The molecule has 0 saturated heterocycles. The normalized spacial score (nSPS) is 10.1. The minimum atomic E-state index is 0.304. The smallest absolute Gasteiger partial charge is 0.137 e. The van der Waals surface area contributed by atoms with Crippen LogP contribution in [0.25, 0.3) is 0 Å². The molecule has 88 valence electrons. The molecular formula is C14H20O2. The number of benzene rings is 1. The van der Waals surface area contributed by atoms with E-state index in [4.69, 9.17) is 4.74 Å². The Morgan fingerprint density at radius 1 is 1.25 bits per heavy atom. The first-order valence-corrected chi connectivity index (χ1v) is 5.91. The molecular weight excluding hydrogens is 200 g/mol. The first-order valence-electron chi connectivity index (χ1n) is 5.91. The summed E-state index contributed by atoms with van der Waals surface area (Å²) < 4.78 is 5.22. The molecule has 0 heterocycles. The van der Waals surface area contributed by atoms with Crippen LogP contribution in [0, 0.1) is 0 Å². The predicted molar refractivity (Wildman–Crippen MR) is 65.8 cm³/mol. The Balaban J connectivity index is 2.49. The van der Waals surface area contributed by atoms with Crippen LogP contribution in [0.4, 0.5) is 0 Å². The van der Waals surface area contributed by atoms with Crippen LogP contribution in [0.5, 0.6) is 5.75 Å². The van der Waals surface area contributed by atoms with E-state index in [9.17, 15) is 4.79 Å². The van der Waals surface area contributed by atoms with Gasteiger partial charge in [-0.15, -0.1) is 0 Å². The Bertz CT molecular complexity index is 331. The molecule has 0 bridgehead atoms. The van der Waals surface area contributed by atoms with E-state index in [0.717, 1.165) is 30.6 Å². The molecule has 16 heavy (non-hydrogen) atoms. The number of Topliss-reactive ketones (excluding diaryl/α,β-unsaturated/α-hetero) is 1. The SMILES string of the molecule is CCCCCC(=O)Cc1ccccc1OC. The summed E-state index contributed by atoms with van der Waals surface area (Å²) in [5.74, 6) is 1.12. The van der Waals surface area contributed by atoms with Crippen molar-refractivity contribution < 1.29 is 9.53 Å². The number of rotatable bonds is 7. The van der Waals surface area contributed by atoms with Gasteiger partial charge in [-0.05, 0) is 12.5 Å². The highest BCUT2D eigenvalue weighted by Crippen LogP contribution is 2.18. The lowest BCUT2D eigenvalue weighted by molar-refractivity contribution is -0.118. The topological polar surface area (TPSA) is 26.3 Å². The van der Waals surface area contributed by atoms with Crippen LogP contribution in [0.3, 0.4) is 0 Å². The zero-order valence-electron chi connectivity index (χ0n) is 10.2. The Hall–Kier alpha value is -1.31. The molecule has 0 aliphatic carbocycles. The molecule has 0 atom stereocenters. The van der Waals surface area contributed by atoms with E-state index < -0.39 is 0 Å². The Morgan fingerprint density at radius 2 is 2.00 bits per heavy atom. The molecule has 0 amide bonds. The maximum absolute atomic E-state index is 11.7. The molecule has 1 aromatic rings. The fourth-order valence-electron chi connectivity index (χ4n) is 1.72. The number of methoxy groups -OCH3 is 1. The summed E-state index contributed by atoms with van der Waals surface area (Å²) >= 11 is 0. The number of unbranched alkanes of at least 4 members (excludes halogenated alkanes) is 2. The molecule has 0 aliphatic rings. The Labute approximate surface area is 97.6 Å². The van der Waals surface area contributed by atoms with E-state index in [-0.39, 0.29) is 0 Å². The molecule has 0 aliphatic heterocycles. The van der Waals surface area contributed by atoms with Gasteiger partial charge in [0.2, 0.25) is 0 Å². The molecule has 1 aromatic carbocycles. The van der Waals surface area contributed by atoms with Crippen LogP contribution in [-0.4, -0.2) is 12.9 Å². The number of ketones is 1. The third-order valence-corrected chi connectivity index (χ3v) is 2.64. The summed E-state index contributed by atoms with van der Waals surface area (Å²) in [5, 5.41) is 0. The van der Waals surface area contributed by atoms with Crippen LogP contribution in [0.2, 0.25) is 0 Å². The quantitative estimate of drug-likeness (QED) is 0.658. The van der Waals surface area contributed by atoms with Gasteiger partial charge in [0.1, 0.15) is 11.5 Å². The van der Waals surface area contributed by atoms with Crippen LogP contribution >= 0.6 is 0 Å². The fraction of sp³-hybridized carbons (Fsp3) is 0.500. The van der Waals surface area contributed by atoms with Crippen LogP contribution in [0.15, 0.2) is 24.3 Å². The number of carbonyl (C=O) groups excluding carboxylic acids is 1. The summed E-state index contributed by atoms with van der Waals surface area (Å²) in [7, 11) is 1.64. The van der Waals surface area contributed by atoms with Gasteiger partial charge < -0.3 is 4.74 Å². The van der Waals surface area contributed by atoms with Gasteiger partial charge >= 0.3 is 0 Å². The monoisotopic (exact) mass is 220 g/mol. The van der Waals surface area contributed by atoms with Crippen molar-refractivity contribution in [2.45, 2.75) is 39.0 Å². The summed E-state index contributed by atoms with van der Waals surface area (Å²) in [5.41, 5.74) is 0.992. The van der Waals surface area contributed by atoms with Gasteiger partial charge in [-0.3, -0.25) is 4.79 Å². The molecule has 2 nitrogen and oxygen atoms in total. The highest BCUT2D eigenvalue weighted by atomic mass is 16.5. The third-order valence-electron chi connectivity index (χ3n) is 2.64. The van der Waals surface area contributed by atoms with Gasteiger partial charge in [0.25, 0.3) is 0 Å². The van der Waals surface area contributed by atoms with Gasteiger partial charge in [0, 0.05) is 18.4 Å². The third kappa shape index (κ3) is 4.05. The zero-order valence-corrected chi connectivity index (χ0v) is 10.2. The van der Waals surface area contributed by atoms with E-state index in [1.165, 1.54) is 0 Å². The molecule has 0 spiro atoms. The van der Waals surface area contributed by atoms with Crippen molar-refractivity contribution in [2.75, 3.05) is 7.11 Å². The van der Waals surface area contributed by atoms with Crippen molar-refractivity contribution in [3.63, 3.8) is 0 Å². The number of ether oxygens (including phenoxy) is 1. The number of hydrogen-bond donors (Lipinski definition) is 0. The summed E-state index contributed by atoms with van der Waals surface area (Å²) in [6.45, 7) is 2.14. The molecule has 1 rings (SSSR count). The minimum Gasteiger partial charge on any atom is -0.496 e. The maximum atomic E-state index is 11.7. The summed E-state index contributed by atoms with van der Waals surface area (Å²) in [6, 6.07) is 7.71. The lowest BCUT2D eigenvalue weighted by atomic mass is 10.0. The van der Waals surface area contributed by atoms with Crippen LogP contribution in [-0.2, 0) is 11.2 Å². The second-order valence-corrected chi connectivity index (χ2v) is 3.98. The van der Waals surface area contributed by atoms with Crippen LogP contribution < -0.4 is 4.74 Å². The average Bonchev–Trinajstić information content (AvgIpc) is 2.30. The number of hydrogen-bond acceptors (Lipinski definition) is 2. The molecule has 0 fully saturated rings. The Kier molecular flexibility index (Phi) is 5.62. The van der Waals surface area contributed by atoms with Crippen molar-refractivity contribution in [3.05, 3.63) is 29.8 Å². The molecule has 0 saturated carbocycles. The lowest BCUT2D eigenvalue weighted by Gasteiger charge is -2.07. The predicted octanol–water partition coefficient (Wildman–Crippen LogP) is 3.39. The van der Waals surface area contributed by atoms with Crippen LogP contribution in [0.1, 0.15) is 38.2 Å². The summed E-state index contributed by atoms with van der Waals surface area (Å²) in [6.07, 6.45) is 4.48. The van der Waals surface area contributed by atoms with Gasteiger partial charge in [-0.1, -0.05) is 38.0 Å². The molecule has 0 aromatic heterocycles. The van der Waals surface area contributed by atoms with Crippen molar-refractivity contribution in [2.24, 2.45) is 0 Å². The van der Waals surface area contributed by atoms with E-state index >= 15 is 0 Å². The first-order chi connectivity index (χ1) is 7.77. The number of para-hydroxylation sites is 1. The standard InChI is InChI=1S/C14H20O2/c1-3-4-5-9-13(15)11-12-8-6-7-10-14(12)16-2/h6-8,10H,3-5,9,11H2,1-2H3. The maximum Gasteiger partial charge on any atom is 0.137 e. The molecule has 0 radical (unpaired) electrons. The van der Waals surface area contributed by atoms with E-state index in [1.807, 2.05) is 24.3 Å². The van der Waals surface area contributed by atoms with E-state index in [1.54, 1.807) is 7.11 Å². The summed E-state index contributed by atoms with van der Waals surface area (Å²) in [4.78, 5) is 11.7. The van der Waals surface area contributed by atoms with Crippen molar-refractivity contribution in [1.82, 2.24) is 0 Å². The first kappa shape index (κ1) is 12.8. The van der Waals surface area contributed by atoms with Gasteiger partial charge in [0.15, 0.2) is 0 Å². The minimum absolute atomic E-state index is 0.304. The Morgan fingerprint density at radius 3 is 2.69 bits per heavy atom. The lowest BCUT2D eigenvalue weighted by Crippen LogP contribution is -2.04. The largest absolute Gasteiger partial charge is 0.496 e.